The van der Waals surface area contributed by atoms with Crippen LogP contribution in [-0.2, 0) is 4.79 Å². The van der Waals surface area contributed by atoms with E-state index in [0.717, 1.165) is 13.0 Å². The summed E-state index contributed by atoms with van der Waals surface area (Å²) in [6, 6.07) is 11.3. The highest BCUT2D eigenvalue weighted by molar-refractivity contribution is 5.81. The summed E-state index contributed by atoms with van der Waals surface area (Å²) in [5.74, 6) is 0.262. The minimum atomic E-state index is 0.0641. The van der Waals surface area contributed by atoms with Crippen LogP contribution in [0.15, 0.2) is 30.3 Å². The van der Waals surface area contributed by atoms with E-state index in [2.05, 4.69) is 39.4 Å². The van der Waals surface area contributed by atoms with Gasteiger partial charge in [-0.05, 0) is 31.4 Å². The predicted molar refractivity (Wildman–Crippen MR) is 77.0 cm³/mol. The van der Waals surface area contributed by atoms with E-state index in [1.54, 1.807) is 0 Å². The van der Waals surface area contributed by atoms with Gasteiger partial charge in [-0.25, -0.2) is 0 Å². The second-order valence-corrected chi connectivity index (χ2v) is 6.10. The van der Waals surface area contributed by atoms with Crippen LogP contribution in [0.1, 0.15) is 31.0 Å². The maximum atomic E-state index is 12.4. The van der Waals surface area contributed by atoms with Crippen LogP contribution in [0.4, 0.5) is 0 Å². The van der Waals surface area contributed by atoms with Gasteiger partial charge in [0.2, 0.25) is 5.91 Å². The third kappa shape index (κ3) is 1.86. The SMILES string of the molecule is O=C1CNC(c2ccccc2)N1C1CCN2CCCC12. The summed E-state index contributed by atoms with van der Waals surface area (Å²) >= 11 is 0. The molecule has 0 radical (unpaired) electrons. The number of rotatable bonds is 2. The molecule has 3 saturated heterocycles. The largest absolute Gasteiger partial charge is 0.317 e. The molecule has 0 spiro atoms. The Morgan fingerprint density at radius 2 is 1.90 bits per heavy atom. The second kappa shape index (κ2) is 4.86. The first-order valence-electron chi connectivity index (χ1n) is 7.68. The van der Waals surface area contributed by atoms with E-state index in [0.29, 0.717) is 18.6 Å². The van der Waals surface area contributed by atoms with Gasteiger partial charge in [0.05, 0.1) is 12.6 Å². The van der Waals surface area contributed by atoms with Gasteiger partial charge in [0.1, 0.15) is 6.17 Å². The fraction of sp³-hybridized carbons (Fsp3) is 0.562. The quantitative estimate of drug-likeness (QED) is 0.882. The van der Waals surface area contributed by atoms with Crippen molar-refractivity contribution in [3.05, 3.63) is 35.9 Å². The van der Waals surface area contributed by atoms with Crippen LogP contribution >= 0.6 is 0 Å². The Labute approximate surface area is 119 Å². The van der Waals surface area contributed by atoms with Crippen molar-refractivity contribution < 1.29 is 4.79 Å². The first-order chi connectivity index (χ1) is 9.84. The fourth-order valence-electron chi connectivity index (χ4n) is 4.19. The zero-order valence-electron chi connectivity index (χ0n) is 11.7. The standard InChI is InChI=1S/C16H21N3O/c20-15-11-17-16(12-5-2-1-3-6-12)19(15)14-8-10-18-9-4-7-13(14)18/h1-3,5-6,13-14,16-17H,4,7-11H2. The summed E-state index contributed by atoms with van der Waals surface area (Å²) in [4.78, 5) is 17.1. The molecule has 4 rings (SSSR count). The lowest BCUT2D eigenvalue weighted by molar-refractivity contribution is -0.130. The van der Waals surface area contributed by atoms with Gasteiger partial charge in [0.15, 0.2) is 0 Å². The first-order valence-corrected chi connectivity index (χ1v) is 7.68. The summed E-state index contributed by atoms with van der Waals surface area (Å²) in [6.45, 7) is 2.84. The Morgan fingerprint density at radius 3 is 2.75 bits per heavy atom. The van der Waals surface area contributed by atoms with Gasteiger partial charge in [-0.15, -0.1) is 0 Å². The zero-order chi connectivity index (χ0) is 13.5. The first kappa shape index (κ1) is 12.4. The molecule has 4 heteroatoms. The number of nitrogens with zero attached hydrogens (tertiary/aromatic N) is 2. The van der Waals surface area contributed by atoms with E-state index in [-0.39, 0.29) is 12.1 Å². The van der Waals surface area contributed by atoms with Crippen molar-refractivity contribution in [1.29, 1.82) is 0 Å². The molecule has 4 nitrogen and oxygen atoms in total. The average molecular weight is 271 g/mol. The van der Waals surface area contributed by atoms with Crippen LogP contribution in [0.2, 0.25) is 0 Å². The van der Waals surface area contributed by atoms with Gasteiger partial charge >= 0.3 is 0 Å². The molecule has 20 heavy (non-hydrogen) atoms. The molecular weight excluding hydrogens is 250 g/mol. The van der Waals surface area contributed by atoms with Crippen LogP contribution in [0.5, 0.6) is 0 Å². The monoisotopic (exact) mass is 271 g/mol. The molecule has 1 aromatic rings. The predicted octanol–water partition coefficient (Wildman–Crippen LogP) is 1.35. The van der Waals surface area contributed by atoms with Crippen LogP contribution in [0.25, 0.3) is 0 Å². The number of amides is 1. The summed E-state index contributed by atoms with van der Waals surface area (Å²) in [6.07, 6.45) is 3.72. The van der Waals surface area contributed by atoms with Crippen molar-refractivity contribution >= 4 is 5.91 Å². The molecule has 3 aliphatic rings. The molecule has 3 fully saturated rings. The molecule has 106 valence electrons. The van der Waals surface area contributed by atoms with Crippen molar-refractivity contribution in [3.8, 4) is 0 Å². The lowest BCUT2D eigenvalue weighted by Crippen LogP contribution is -2.45. The molecule has 1 N–H and O–H groups in total. The lowest BCUT2D eigenvalue weighted by atomic mass is 10.0. The molecule has 0 bridgehead atoms. The number of hydrogen-bond acceptors (Lipinski definition) is 3. The lowest BCUT2D eigenvalue weighted by Gasteiger charge is -2.34. The Balaban J connectivity index is 1.63. The van der Waals surface area contributed by atoms with Gasteiger partial charge in [0, 0.05) is 12.6 Å². The molecule has 0 aliphatic carbocycles. The number of nitrogens with one attached hydrogen (secondary N) is 1. The number of hydrogen-bond donors (Lipinski definition) is 1. The smallest absolute Gasteiger partial charge is 0.238 e. The number of carbonyl (C=O) groups is 1. The van der Waals surface area contributed by atoms with Crippen LogP contribution in [-0.4, -0.2) is 47.4 Å². The third-order valence-electron chi connectivity index (χ3n) is 5.06. The maximum absolute atomic E-state index is 12.4. The average Bonchev–Trinajstić information content (AvgIpc) is 3.15. The summed E-state index contributed by atoms with van der Waals surface area (Å²) in [5, 5.41) is 3.39. The van der Waals surface area contributed by atoms with Crippen molar-refractivity contribution in [2.75, 3.05) is 19.6 Å². The third-order valence-corrected chi connectivity index (χ3v) is 5.06. The van der Waals surface area contributed by atoms with Crippen molar-refractivity contribution in [1.82, 2.24) is 15.1 Å². The van der Waals surface area contributed by atoms with Gasteiger partial charge in [-0.3, -0.25) is 15.0 Å². The Kier molecular flexibility index (Phi) is 3.00. The highest BCUT2D eigenvalue weighted by Crippen LogP contribution is 2.36. The number of carbonyl (C=O) groups excluding carboxylic acids is 1. The van der Waals surface area contributed by atoms with Crippen molar-refractivity contribution in [2.24, 2.45) is 0 Å². The van der Waals surface area contributed by atoms with Crippen LogP contribution < -0.4 is 5.32 Å². The van der Waals surface area contributed by atoms with Gasteiger partial charge in [-0.1, -0.05) is 30.3 Å². The summed E-state index contributed by atoms with van der Waals surface area (Å²) in [7, 11) is 0. The molecule has 3 aliphatic heterocycles. The Bertz CT molecular complexity index is 504. The molecule has 1 amide bonds. The van der Waals surface area contributed by atoms with E-state index in [1.807, 2.05) is 6.07 Å². The molecule has 3 atom stereocenters. The summed E-state index contributed by atoms with van der Waals surface area (Å²) < 4.78 is 0. The normalized spacial score (nSPS) is 33.9. The zero-order valence-corrected chi connectivity index (χ0v) is 11.7. The number of benzene rings is 1. The Morgan fingerprint density at radius 1 is 1.05 bits per heavy atom. The van der Waals surface area contributed by atoms with E-state index in [4.69, 9.17) is 0 Å². The van der Waals surface area contributed by atoms with Crippen molar-refractivity contribution in [3.63, 3.8) is 0 Å². The molecule has 3 heterocycles. The topological polar surface area (TPSA) is 35.6 Å². The van der Waals surface area contributed by atoms with E-state index < -0.39 is 0 Å². The van der Waals surface area contributed by atoms with E-state index in [9.17, 15) is 4.79 Å². The van der Waals surface area contributed by atoms with E-state index in [1.165, 1.54) is 24.9 Å². The maximum Gasteiger partial charge on any atom is 0.238 e. The second-order valence-electron chi connectivity index (χ2n) is 6.10. The fourth-order valence-corrected chi connectivity index (χ4v) is 4.19. The minimum absolute atomic E-state index is 0.0641. The molecule has 0 saturated carbocycles. The summed E-state index contributed by atoms with van der Waals surface area (Å²) in [5.41, 5.74) is 1.20. The molecular formula is C16H21N3O. The highest BCUT2D eigenvalue weighted by atomic mass is 16.2. The molecule has 0 aromatic heterocycles. The number of fused-ring (bicyclic) bond motifs is 1. The minimum Gasteiger partial charge on any atom is -0.317 e. The van der Waals surface area contributed by atoms with Crippen LogP contribution in [0, 0.1) is 0 Å². The van der Waals surface area contributed by atoms with E-state index >= 15 is 0 Å². The molecule has 1 aromatic carbocycles. The Hall–Kier alpha value is -1.39. The molecule has 3 unspecified atom stereocenters. The van der Waals surface area contributed by atoms with Crippen molar-refractivity contribution in [2.45, 2.75) is 37.5 Å². The highest BCUT2D eigenvalue weighted by Gasteiger charge is 2.46. The van der Waals surface area contributed by atoms with Gasteiger partial charge < -0.3 is 4.90 Å². The van der Waals surface area contributed by atoms with Gasteiger partial charge in [0.25, 0.3) is 0 Å². The van der Waals surface area contributed by atoms with Crippen LogP contribution in [0.3, 0.4) is 0 Å². The van der Waals surface area contributed by atoms with Gasteiger partial charge in [-0.2, -0.15) is 0 Å².